The monoisotopic (exact) mass is 375 g/mol. The van der Waals surface area contributed by atoms with Crippen LogP contribution in [0.15, 0.2) is 29.2 Å². The van der Waals surface area contributed by atoms with E-state index in [2.05, 4.69) is 21.9 Å². The summed E-state index contributed by atoms with van der Waals surface area (Å²) in [6.07, 6.45) is 5.03. The molecule has 0 bridgehead atoms. The third-order valence-electron chi connectivity index (χ3n) is 3.46. The minimum absolute atomic E-state index is 0.0508. The van der Waals surface area contributed by atoms with E-state index in [1.165, 1.54) is 11.8 Å². The lowest BCUT2D eigenvalue weighted by molar-refractivity contribution is -0.124. The maximum Gasteiger partial charge on any atom is 0.339 e. The Hall–Kier alpha value is -2.99. The topological polar surface area (TPSA) is 114 Å². The van der Waals surface area contributed by atoms with E-state index in [1.54, 1.807) is 31.2 Å². The number of amides is 4. The lowest BCUT2D eigenvalue weighted by atomic mass is 10.1. The summed E-state index contributed by atoms with van der Waals surface area (Å²) in [5.41, 5.74) is -0.816. The third-order valence-corrected chi connectivity index (χ3v) is 4.85. The Morgan fingerprint density at radius 2 is 2.08 bits per heavy atom. The third kappa shape index (κ3) is 4.77. The molecule has 0 aliphatic carbocycles. The largest absolute Gasteiger partial charge is 0.452 e. The van der Waals surface area contributed by atoms with Crippen molar-refractivity contribution in [2.75, 3.05) is 18.9 Å². The smallest absolute Gasteiger partial charge is 0.339 e. The first-order chi connectivity index (χ1) is 12.4. The van der Waals surface area contributed by atoms with Gasteiger partial charge in [0.2, 0.25) is 0 Å². The number of nitrogens with one attached hydrogen (secondary N) is 3. The van der Waals surface area contributed by atoms with Crippen LogP contribution in [0.3, 0.4) is 0 Å². The molecule has 0 aromatic heterocycles. The van der Waals surface area contributed by atoms with Crippen molar-refractivity contribution in [1.82, 2.24) is 16.0 Å². The molecule has 4 amide bonds. The SMILES string of the molecule is C#CCNC(=O)COC(=O)c1ccccc1SC[C@]1(C)NC(=O)NC1=O. The number of imide groups is 1. The van der Waals surface area contributed by atoms with Gasteiger partial charge in [-0.3, -0.25) is 14.9 Å². The maximum atomic E-state index is 12.2. The molecule has 1 aliphatic rings. The molecular formula is C17H17N3O5S. The molecule has 8 nitrogen and oxygen atoms in total. The zero-order chi connectivity index (χ0) is 19.2. The van der Waals surface area contributed by atoms with Crippen LogP contribution in [0.1, 0.15) is 17.3 Å². The molecule has 26 heavy (non-hydrogen) atoms. The number of terminal acetylenes is 1. The molecule has 1 aromatic rings. The minimum atomic E-state index is -1.08. The summed E-state index contributed by atoms with van der Waals surface area (Å²) in [4.78, 5) is 47.4. The second-order valence-electron chi connectivity index (χ2n) is 5.58. The molecule has 1 aliphatic heterocycles. The van der Waals surface area contributed by atoms with Gasteiger partial charge in [-0.2, -0.15) is 0 Å². The van der Waals surface area contributed by atoms with Gasteiger partial charge in [-0.25, -0.2) is 9.59 Å². The number of urea groups is 1. The van der Waals surface area contributed by atoms with Crippen LogP contribution in [0, 0.1) is 12.3 Å². The van der Waals surface area contributed by atoms with Crippen LogP contribution in [0.5, 0.6) is 0 Å². The molecule has 0 saturated carbocycles. The molecule has 9 heteroatoms. The summed E-state index contributed by atoms with van der Waals surface area (Å²) >= 11 is 1.22. The van der Waals surface area contributed by atoms with Crippen molar-refractivity contribution in [3.8, 4) is 12.3 Å². The highest BCUT2D eigenvalue weighted by atomic mass is 32.2. The number of hydrogen-bond acceptors (Lipinski definition) is 6. The molecule has 1 saturated heterocycles. The number of esters is 1. The van der Waals surface area contributed by atoms with E-state index < -0.39 is 36.0 Å². The van der Waals surface area contributed by atoms with Gasteiger partial charge in [0, 0.05) is 10.6 Å². The van der Waals surface area contributed by atoms with Gasteiger partial charge in [-0.05, 0) is 19.1 Å². The van der Waals surface area contributed by atoms with Crippen molar-refractivity contribution in [1.29, 1.82) is 0 Å². The number of thioether (sulfide) groups is 1. The van der Waals surface area contributed by atoms with Crippen LogP contribution in [0.25, 0.3) is 0 Å². The van der Waals surface area contributed by atoms with Crippen LogP contribution >= 0.6 is 11.8 Å². The number of carbonyl (C=O) groups excluding carboxylic acids is 4. The van der Waals surface area contributed by atoms with Gasteiger partial charge in [-0.15, -0.1) is 18.2 Å². The van der Waals surface area contributed by atoms with Crippen LogP contribution in [-0.2, 0) is 14.3 Å². The fraction of sp³-hybridized carbons (Fsp3) is 0.294. The highest BCUT2D eigenvalue weighted by Gasteiger charge is 2.41. The highest BCUT2D eigenvalue weighted by molar-refractivity contribution is 7.99. The van der Waals surface area contributed by atoms with Gasteiger partial charge in [-0.1, -0.05) is 18.1 Å². The zero-order valence-electron chi connectivity index (χ0n) is 14.0. The number of benzene rings is 1. The summed E-state index contributed by atoms with van der Waals surface area (Å²) < 4.78 is 4.98. The predicted molar refractivity (Wildman–Crippen MR) is 94.4 cm³/mol. The van der Waals surface area contributed by atoms with Crippen molar-refractivity contribution in [3.63, 3.8) is 0 Å². The van der Waals surface area contributed by atoms with Gasteiger partial charge in [0.15, 0.2) is 6.61 Å². The summed E-state index contributed by atoms with van der Waals surface area (Å²) in [7, 11) is 0. The van der Waals surface area contributed by atoms with E-state index in [9.17, 15) is 19.2 Å². The van der Waals surface area contributed by atoms with Crippen molar-refractivity contribution in [2.45, 2.75) is 17.4 Å². The molecule has 0 radical (unpaired) electrons. The summed E-state index contributed by atoms with van der Waals surface area (Å²) in [6, 6.07) is 6.08. The second-order valence-corrected chi connectivity index (χ2v) is 6.60. The Morgan fingerprint density at radius 1 is 1.35 bits per heavy atom. The van der Waals surface area contributed by atoms with Crippen molar-refractivity contribution in [3.05, 3.63) is 29.8 Å². The van der Waals surface area contributed by atoms with E-state index >= 15 is 0 Å². The second kappa shape index (κ2) is 8.40. The Bertz CT molecular complexity index is 789. The van der Waals surface area contributed by atoms with E-state index in [-0.39, 0.29) is 17.9 Å². The number of hydrogen-bond donors (Lipinski definition) is 3. The van der Waals surface area contributed by atoms with Crippen LogP contribution in [0.4, 0.5) is 4.79 Å². The van der Waals surface area contributed by atoms with Gasteiger partial charge in [0.25, 0.3) is 11.8 Å². The minimum Gasteiger partial charge on any atom is -0.452 e. The standard InChI is InChI=1S/C17H17N3O5S/c1-3-8-18-13(21)9-25-14(22)11-6-4-5-7-12(11)26-10-17(2)15(23)19-16(24)20-17/h1,4-7H,8-10H2,2H3,(H,18,21)(H2,19,20,23,24)/t17-/m0/s1. The van der Waals surface area contributed by atoms with Gasteiger partial charge < -0.3 is 15.4 Å². The first-order valence-electron chi connectivity index (χ1n) is 7.58. The fourth-order valence-corrected chi connectivity index (χ4v) is 3.20. The van der Waals surface area contributed by atoms with Crippen LogP contribution in [-0.4, -0.2) is 48.3 Å². The Balaban J connectivity index is 2.00. The molecular weight excluding hydrogens is 358 g/mol. The number of carbonyl (C=O) groups is 4. The first-order valence-corrected chi connectivity index (χ1v) is 8.57. The maximum absolute atomic E-state index is 12.2. The van der Waals surface area contributed by atoms with E-state index in [0.29, 0.717) is 4.90 Å². The van der Waals surface area contributed by atoms with E-state index in [4.69, 9.17) is 11.2 Å². The number of ether oxygens (including phenoxy) is 1. The van der Waals surface area contributed by atoms with Crippen molar-refractivity contribution >= 4 is 35.6 Å². The molecule has 0 unspecified atom stereocenters. The number of rotatable bonds is 7. The molecule has 1 heterocycles. The molecule has 1 atom stereocenters. The zero-order valence-corrected chi connectivity index (χ0v) is 14.8. The van der Waals surface area contributed by atoms with E-state index in [0.717, 1.165) is 0 Å². The molecule has 3 N–H and O–H groups in total. The Kier molecular flexibility index (Phi) is 6.25. The summed E-state index contributed by atoms with van der Waals surface area (Å²) in [6.45, 7) is 1.20. The Morgan fingerprint density at radius 3 is 2.73 bits per heavy atom. The van der Waals surface area contributed by atoms with Crippen LogP contribution < -0.4 is 16.0 Å². The first kappa shape index (κ1) is 19.3. The average Bonchev–Trinajstić information content (AvgIpc) is 2.88. The molecule has 1 aromatic carbocycles. The molecule has 2 rings (SSSR count). The summed E-state index contributed by atoms with van der Waals surface area (Å²) in [5, 5.41) is 7.12. The van der Waals surface area contributed by atoms with E-state index in [1.807, 2.05) is 0 Å². The average molecular weight is 375 g/mol. The van der Waals surface area contributed by atoms with Crippen molar-refractivity contribution in [2.24, 2.45) is 0 Å². The fourth-order valence-electron chi connectivity index (χ4n) is 2.07. The van der Waals surface area contributed by atoms with Gasteiger partial charge >= 0.3 is 12.0 Å². The van der Waals surface area contributed by atoms with Gasteiger partial charge in [0.05, 0.1) is 12.1 Å². The molecule has 1 fully saturated rings. The molecule has 0 spiro atoms. The molecule has 136 valence electrons. The Labute approximate surface area is 154 Å². The normalized spacial score (nSPS) is 18.5. The van der Waals surface area contributed by atoms with Gasteiger partial charge in [0.1, 0.15) is 5.54 Å². The predicted octanol–water partition coefficient (Wildman–Crippen LogP) is 0.283. The van der Waals surface area contributed by atoms with Crippen LogP contribution in [0.2, 0.25) is 0 Å². The highest BCUT2D eigenvalue weighted by Crippen LogP contribution is 2.28. The summed E-state index contributed by atoms with van der Waals surface area (Å²) in [5.74, 6) is 0.859. The lowest BCUT2D eigenvalue weighted by Gasteiger charge is -2.20. The quantitative estimate of drug-likeness (QED) is 0.273. The van der Waals surface area contributed by atoms with Crippen molar-refractivity contribution < 1.29 is 23.9 Å². The lowest BCUT2D eigenvalue weighted by Crippen LogP contribution is -2.46.